The molecule has 2 aromatic carbocycles. The summed E-state index contributed by atoms with van der Waals surface area (Å²) in [4.78, 5) is 0.0386. The highest BCUT2D eigenvalue weighted by atomic mass is 79.9. The molecule has 0 amide bonds. The number of nitrogens with two attached hydrogens (primary N) is 1. The first-order valence-corrected chi connectivity index (χ1v) is 5.91. The summed E-state index contributed by atoms with van der Waals surface area (Å²) >= 11 is 3.58. The molecule has 1 aliphatic rings. The number of nitrogen functional groups attached to an aromatic ring is 1. The van der Waals surface area contributed by atoms with E-state index in [1.165, 1.54) is 6.07 Å². The zero-order valence-corrected chi connectivity index (χ0v) is 12.1. The molecule has 1 nitrogen and oxygen atoms in total. The number of benzene rings is 2. The largest absolute Gasteiger partial charge is 0.399 e. The zero-order chi connectivity index (χ0) is 11.3. The normalized spacial score (nSPS) is 16.0. The highest BCUT2D eigenvalue weighted by Gasteiger charge is 2.26. The van der Waals surface area contributed by atoms with E-state index in [0.717, 1.165) is 27.9 Å². The van der Waals surface area contributed by atoms with Crippen molar-refractivity contribution in [3.05, 3.63) is 53.3 Å². The van der Waals surface area contributed by atoms with Crippen molar-refractivity contribution in [3.8, 4) is 11.1 Å². The lowest BCUT2D eigenvalue weighted by molar-refractivity contribution is 0.626. The molecule has 0 radical (unpaired) electrons. The third-order valence-corrected chi connectivity index (χ3v) is 3.91. The van der Waals surface area contributed by atoms with Crippen LogP contribution in [0.15, 0.2) is 36.4 Å². The molecule has 0 aliphatic heterocycles. The third kappa shape index (κ3) is 1.89. The van der Waals surface area contributed by atoms with Crippen LogP contribution in [0, 0.1) is 5.82 Å². The first kappa shape index (κ1) is 12.6. The maximum atomic E-state index is 13.2. The fraction of sp³-hybridized carbons (Fsp3) is 0.0769. The van der Waals surface area contributed by atoms with Crippen LogP contribution in [0.2, 0.25) is 0 Å². The van der Waals surface area contributed by atoms with Crippen molar-refractivity contribution in [1.29, 1.82) is 0 Å². The second-order valence-corrected chi connectivity index (χ2v) is 4.86. The summed E-state index contributed by atoms with van der Waals surface area (Å²) in [6, 6.07) is 10.7. The third-order valence-electron chi connectivity index (χ3n) is 2.93. The van der Waals surface area contributed by atoms with E-state index in [1.807, 2.05) is 24.3 Å². The summed E-state index contributed by atoms with van der Waals surface area (Å²) in [5, 5.41) is 0. The second kappa shape index (κ2) is 4.42. The van der Waals surface area contributed by atoms with Gasteiger partial charge in [-0.2, -0.15) is 0 Å². The quantitative estimate of drug-likeness (QED) is 0.546. The van der Waals surface area contributed by atoms with Gasteiger partial charge in [-0.3, -0.25) is 0 Å². The fourth-order valence-corrected chi connectivity index (χ4v) is 2.95. The number of fused-ring (bicyclic) bond motifs is 3. The standard InChI is InChI=1S/C13H9BrFN.BrH/c14-13-11-5-7(15)1-3-9(11)10-4-2-8(16)6-12(10)13;/h1-6,13H,16H2;1H. The maximum absolute atomic E-state index is 13.2. The molecular weight excluding hydrogens is 349 g/mol. The average Bonchev–Trinajstić information content (AvgIpc) is 2.53. The Morgan fingerprint density at radius 2 is 1.59 bits per heavy atom. The molecule has 1 aliphatic carbocycles. The fourth-order valence-electron chi connectivity index (χ4n) is 2.19. The molecule has 88 valence electrons. The van der Waals surface area contributed by atoms with Crippen LogP contribution in [0.5, 0.6) is 0 Å². The van der Waals surface area contributed by atoms with Crippen molar-refractivity contribution in [2.45, 2.75) is 4.83 Å². The molecule has 3 rings (SSSR count). The van der Waals surface area contributed by atoms with Crippen molar-refractivity contribution in [2.24, 2.45) is 0 Å². The van der Waals surface area contributed by atoms with E-state index in [0.29, 0.717) is 0 Å². The van der Waals surface area contributed by atoms with E-state index in [2.05, 4.69) is 15.9 Å². The van der Waals surface area contributed by atoms with E-state index in [1.54, 1.807) is 6.07 Å². The van der Waals surface area contributed by atoms with E-state index in [-0.39, 0.29) is 27.6 Å². The van der Waals surface area contributed by atoms with Crippen LogP contribution in [0.25, 0.3) is 11.1 Å². The highest BCUT2D eigenvalue weighted by molar-refractivity contribution is 9.09. The molecule has 0 heterocycles. The van der Waals surface area contributed by atoms with Gasteiger partial charge in [0.25, 0.3) is 0 Å². The van der Waals surface area contributed by atoms with Gasteiger partial charge in [-0.1, -0.05) is 28.1 Å². The number of anilines is 1. The van der Waals surface area contributed by atoms with E-state index in [4.69, 9.17) is 5.73 Å². The van der Waals surface area contributed by atoms with E-state index < -0.39 is 0 Å². The molecule has 4 heteroatoms. The number of hydrogen-bond donors (Lipinski definition) is 1. The minimum atomic E-state index is -0.205. The number of hydrogen-bond acceptors (Lipinski definition) is 1. The van der Waals surface area contributed by atoms with Gasteiger partial charge in [0, 0.05) is 5.69 Å². The van der Waals surface area contributed by atoms with Gasteiger partial charge in [-0.25, -0.2) is 4.39 Å². The Kier molecular flexibility index (Phi) is 3.27. The summed E-state index contributed by atoms with van der Waals surface area (Å²) < 4.78 is 13.2. The molecule has 0 saturated heterocycles. The van der Waals surface area contributed by atoms with Crippen LogP contribution in [-0.2, 0) is 0 Å². The van der Waals surface area contributed by atoms with Crippen LogP contribution in [-0.4, -0.2) is 0 Å². The van der Waals surface area contributed by atoms with Gasteiger partial charge >= 0.3 is 0 Å². The summed E-state index contributed by atoms with van der Waals surface area (Å²) in [5.74, 6) is -0.205. The van der Waals surface area contributed by atoms with Crippen molar-refractivity contribution < 1.29 is 4.39 Å². The van der Waals surface area contributed by atoms with Gasteiger partial charge in [0.2, 0.25) is 0 Å². The Bertz CT molecular complexity index is 532. The Labute approximate surface area is 118 Å². The van der Waals surface area contributed by atoms with Crippen LogP contribution in [0.3, 0.4) is 0 Å². The molecule has 1 atom stereocenters. The number of halogens is 3. The van der Waals surface area contributed by atoms with Gasteiger partial charge in [0.15, 0.2) is 0 Å². The highest BCUT2D eigenvalue weighted by Crippen LogP contribution is 2.48. The molecular formula is C13H10Br2FN. The van der Waals surface area contributed by atoms with Crippen molar-refractivity contribution in [2.75, 3.05) is 5.73 Å². The zero-order valence-electron chi connectivity index (χ0n) is 8.78. The SMILES string of the molecule is Br.Nc1ccc2c(c1)C(Br)c1cc(F)ccc1-2. The smallest absolute Gasteiger partial charge is 0.123 e. The van der Waals surface area contributed by atoms with Gasteiger partial charge in [-0.15, -0.1) is 17.0 Å². The van der Waals surface area contributed by atoms with Crippen LogP contribution >= 0.6 is 32.9 Å². The lowest BCUT2D eigenvalue weighted by Crippen LogP contribution is -1.89. The van der Waals surface area contributed by atoms with Gasteiger partial charge in [0.05, 0.1) is 4.83 Å². The van der Waals surface area contributed by atoms with Gasteiger partial charge in [-0.05, 0) is 46.5 Å². The molecule has 0 spiro atoms. The molecule has 0 saturated carbocycles. The Hall–Kier alpha value is -0.870. The molecule has 0 aromatic heterocycles. The predicted molar refractivity (Wildman–Crippen MR) is 77.3 cm³/mol. The summed E-state index contributed by atoms with van der Waals surface area (Å²) in [5.41, 5.74) is 10.8. The van der Waals surface area contributed by atoms with Crippen LogP contribution in [0.1, 0.15) is 16.0 Å². The Morgan fingerprint density at radius 1 is 1.00 bits per heavy atom. The van der Waals surface area contributed by atoms with Crippen LogP contribution < -0.4 is 5.73 Å². The Balaban J connectivity index is 0.00000108. The molecule has 2 N–H and O–H groups in total. The van der Waals surface area contributed by atoms with E-state index in [9.17, 15) is 4.39 Å². The minimum absolute atomic E-state index is 0. The maximum Gasteiger partial charge on any atom is 0.123 e. The summed E-state index contributed by atoms with van der Waals surface area (Å²) in [7, 11) is 0. The molecule has 0 bridgehead atoms. The van der Waals surface area contributed by atoms with Crippen molar-refractivity contribution >= 4 is 38.6 Å². The van der Waals surface area contributed by atoms with Gasteiger partial charge in [0.1, 0.15) is 5.82 Å². The molecule has 1 unspecified atom stereocenters. The molecule has 2 aromatic rings. The van der Waals surface area contributed by atoms with E-state index >= 15 is 0 Å². The summed E-state index contributed by atoms with van der Waals surface area (Å²) in [6.45, 7) is 0. The lowest BCUT2D eigenvalue weighted by atomic mass is 10.1. The monoisotopic (exact) mass is 357 g/mol. The topological polar surface area (TPSA) is 26.0 Å². The van der Waals surface area contributed by atoms with Gasteiger partial charge < -0.3 is 5.73 Å². The predicted octanol–water partition coefficient (Wildman–Crippen LogP) is 4.45. The van der Waals surface area contributed by atoms with Crippen molar-refractivity contribution in [3.63, 3.8) is 0 Å². The van der Waals surface area contributed by atoms with Crippen molar-refractivity contribution in [1.82, 2.24) is 0 Å². The second-order valence-electron chi connectivity index (χ2n) is 3.94. The number of alkyl halides is 1. The minimum Gasteiger partial charge on any atom is -0.399 e. The number of rotatable bonds is 0. The first-order valence-electron chi connectivity index (χ1n) is 5.00. The Morgan fingerprint density at radius 3 is 2.29 bits per heavy atom. The van der Waals surface area contributed by atoms with Crippen LogP contribution in [0.4, 0.5) is 10.1 Å². The first-order chi connectivity index (χ1) is 7.66. The molecule has 0 fully saturated rings. The summed E-state index contributed by atoms with van der Waals surface area (Å²) in [6.07, 6.45) is 0. The average molecular weight is 359 g/mol. The molecule has 17 heavy (non-hydrogen) atoms. The lowest BCUT2D eigenvalue weighted by Gasteiger charge is -2.04.